The number of hydrogen-bond donors (Lipinski definition) is 2. The summed E-state index contributed by atoms with van der Waals surface area (Å²) in [5, 5.41) is 0. The summed E-state index contributed by atoms with van der Waals surface area (Å²) in [6.07, 6.45) is -4.65. The first-order valence-electron chi connectivity index (χ1n) is 6.10. The molecule has 0 spiro atoms. The Morgan fingerprint density at radius 1 is 1.33 bits per heavy atom. The monoisotopic (exact) mass is 326 g/mol. The Morgan fingerprint density at radius 2 is 1.95 bits per heavy atom. The molecule has 0 aromatic heterocycles. The standard InChI is InChI=1S/C12H17F3N2O3S/c1-8(2)20-5-6-21(18,19)17-11-4-3-9(7-10(11)16)12(13,14)15/h3-4,7-8,17H,5-6,16H2,1-2H3. The van der Waals surface area contributed by atoms with E-state index in [1.54, 1.807) is 13.8 Å². The summed E-state index contributed by atoms with van der Waals surface area (Å²) in [7, 11) is -3.74. The molecule has 0 amide bonds. The summed E-state index contributed by atoms with van der Waals surface area (Å²) in [5.41, 5.74) is 4.12. The SMILES string of the molecule is CC(C)OCCS(=O)(=O)Nc1ccc(C(F)(F)F)cc1N. The smallest absolute Gasteiger partial charge is 0.397 e. The summed E-state index contributed by atoms with van der Waals surface area (Å²) >= 11 is 0. The molecule has 1 aromatic rings. The lowest BCUT2D eigenvalue weighted by atomic mass is 10.2. The first kappa shape index (κ1) is 17.6. The molecule has 0 aliphatic carbocycles. The Kier molecular flexibility index (Phi) is 5.46. The zero-order chi connectivity index (χ0) is 16.3. The number of benzene rings is 1. The number of halogens is 3. The molecular formula is C12H17F3N2O3S. The van der Waals surface area contributed by atoms with Crippen molar-refractivity contribution in [3.63, 3.8) is 0 Å². The number of nitrogens with one attached hydrogen (secondary N) is 1. The number of alkyl halides is 3. The molecule has 0 saturated carbocycles. The molecule has 1 rings (SSSR count). The van der Waals surface area contributed by atoms with Gasteiger partial charge in [0, 0.05) is 0 Å². The summed E-state index contributed by atoms with van der Waals surface area (Å²) in [6.45, 7) is 3.50. The van der Waals surface area contributed by atoms with Gasteiger partial charge in [0.2, 0.25) is 10.0 Å². The molecule has 0 bridgehead atoms. The third kappa shape index (κ3) is 5.80. The second-order valence-corrected chi connectivity index (χ2v) is 6.48. The topological polar surface area (TPSA) is 81.4 Å². The van der Waals surface area contributed by atoms with Crippen molar-refractivity contribution in [1.29, 1.82) is 0 Å². The number of sulfonamides is 1. The fourth-order valence-electron chi connectivity index (χ4n) is 1.44. The molecule has 0 fully saturated rings. The van der Waals surface area contributed by atoms with Gasteiger partial charge < -0.3 is 10.5 Å². The highest BCUT2D eigenvalue weighted by molar-refractivity contribution is 7.92. The molecule has 9 heteroatoms. The van der Waals surface area contributed by atoms with E-state index in [-0.39, 0.29) is 29.8 Å². The van der Waals surface area contributed by atoms with Gasteiger partial charge in [-0.1, -0.05) is 0 Å². The van der Waals surface area contributed by atoms with E-state index >= 15 is 0 Å². The summed E-state index contributed by atoms with van der Waals surface area (Å²) < 4.78 is 68.1. The zero-order valence-electron chi connectivity index (χ0n) is 11.6. The van der Waals surface area contributed by atoms with Crippen LogP contribution in [0, 0.1) is 0 Å². The maximum Gasteiger partial charge on any atom is 0.416 e. The number of rotatable bonds is 6. The van der Waals surface area contributed by atoms with E-state index < -0.39 is 21.8 Å². The van der Waals surface area contributed by atoms with E-state index in [0.717, 1.165) is 12.1 Å². The van der Waals surface area contributed by atoms with E-state index in [2.05, 4.69) is 4.72 Å². The lowest BCUT2D eigenvalue weighted by Crippen LogP contribution is -2.22. The van der Waals surface area contributed by atoms with Crippen molar-refractivity contribution in [3.8, 4) is 0 Å². The molecule has 1 aromatic carbocycles. The van der Waals surface area contributed by atoms with Gasteiger partial charge in [-0.25, -0.2) is 8.42 Å². The van der Waals surface area contributed by atoms with Crippen LogP contribution in [0.4, 0.5) is 24.5 Å². The molecule has 5 nitrogen and oxygen atoms in total. The van der Waals surface area contributed by atoms with Gasteiger partial charge in [0.05, 0.1) is 35.4 Å². The first-order chi connectivity index (χ1) is 9.51. The van der Waals surface area contributed by atoms with Crippen LogP contribution < -0.4 is 10.5 Å². The van der Waals surface area contributed by atoms with Crippen LogP contribution in [-0.4, -0.2) is 26.9 Å². The minimum Gasteiger partial charge on any atom is -0.397 e. The molecule has 0 saturated heterocycles. The van der Waals surface area contributed by atoms with Crippen molar-refractivity contribution in [1.82, 2.24) is 0 Å². The van der Waals surface area contributed by atoms with Crippen molar-refractivity contribution in [2.24, 2.45) is 0 Å². The predicted molar refractivity (Wildman–Crippen MR) is 74.4 cm³/mol. The van der Waals surface area contributed by atoms with Gasteiger partial charge in [0.25, 0.3) is 0 Å². The second kappa shape index (κ2) is 6.52. The Morgan fingerprint density at radius 3 is 2.43 bits per heavy atom. The normalized spacial score (nSPS) is 12.7. The van der Waals surface area contributed by atoms with E-state index in [1.807, 2.05) is 0 Å². The van der Waals surface area contributed by atoms with Gasteiger partial charge in [-0.05, 0) is 32.0 Å². The Bertz CT molecular complexity index is 586. The second-order valence-electron chi connectivity index (χ2n) is 4.64. The number of ether oxygens (including phenoxy) is 1. The molecule has 21 heavy (non-hydrogen) atoms. The van der Waals surface area contributed by atoms with Crippen molar-refractivity contribution >= 4 is 21.4 Å². The highest BCUT2D eigenvalue weighted by atomic mass is 32.2. The predicted octanol–water partition coefficient (Wildman–Crippen LogP) is 2.45. The van der Waals surface area contributed by atoms with Crippen LogP contribution in [0.2, 0.25) is 0 Å². The molecule has 0 heterocycles. The summed E-state index contributed by atoms with van der Waals surface area (Å²) in [6, 6.07) is 2.43. The number of hydrogen-bond acceptors (Lipinski definition) is 4. The first-order valence-corrected chi connectivity index (χ1v) is 7.75. The maximum absolute atomic E-state index is 12.5. The average molecular weight is 326 g/mol. The van der Waals surface area contributed by atoms with E-state index in [9.17, 15) is 21.6 Å². The van der Waals surface area contributed by atoms with Crippen LogP contribution in [-0.2, 0) is 20.9 Å². The molecule has 0 atom stereocenters. The fraction of sp³-hybridized carbons (Fsp3) is 0.500. The van der Waals surface area contributed by atoms with E-state index in [1.165, 1.54) is 0 Å². The Labute approximate surface area is 121 Å². The lowest BCUT2D eigenvalue weighted by molar-refractivity contribution is -0.137. The van der Waals surface area contributed by atoms with Crippen LogP contribution in [0.5, 0.6) is 0 Å². The minimum absolute atomic E-state index is 0.0203. The fourth-order valence-corrected chi connectivity index (χ4v) is 2.38. The number of nitrogens with two attached hydrogens (primary N) is 1. The van der Waals surface area contributed by atoms with Crippen molar-refractivity contribution < 1.29 is 26.3 Å². The van der Waals surface area contributed by atoms with Gasteiger partial charge in [0.1, 0.15) is 0 Å². The number of anilines is 2. The van der Waals surface area contributed by atoms with Crippen molar-refractivity contribution in [3.05, 3.63) is 23.8 Å². The van der Waals surface area contributed by atoms with Crippen LogP contribution in [0.15, 0.2) is 18.2 Å². The van der Waals surface area contributed by atoms with E-state index in [0.29, 0.717) is 6.07 Å². The third-order valence-electron chi connectivity index (χ3n) is 2.45. The van der Waals surface area contributed by atoms with Gasteiger partial charge in [-0.3, -0.25) is 4.72 Å². The molecule has 3 N–H and O–H groups in total. The number of nitrogen functional groups attached to an aromatic ring is 1. The molecule has 0 radical (unpaired) electrons. The van der Waals surface area contributed by atoms with E-state index in [4.69, 9.17) is 10.5 Å². The molecule has 0 aliphatic rings. The van der Waals surface area contributed by atoms with Crippen LogP contribution >= 0.6 is 0 Å². The largest absolute Gasteiger partial charge is 0.416 e. The van der Waals surface area contributed by atoms with Crippen LogP contribution in [0.1, 0.15) is 19.4 Å². The van der Waals surface area contributed by atoms with Gasteiger partial charge in [-0.2, -0.15) is 13.2 Å². The van der Waals surface area contributed by atoms with Crippen LogP contribution in [0.3, 0.4) is 0 Å². The molecule has 0 unspecified atom stereocenters. The highest BCUT2D eigenvalue weighted by Gasteiger charge is 2.31. The quantitative estimate of drug-likeness (QED) is 0.787. The lowest BCUT2D eigenvalue weighted by Gasteiger charge is -2.13. The Hall–Kier alpha value is -1.48. The highest BCUT2D eigenvalue weighted by Crippen LogP contribution is 2.33. The zero-order valence-corrected chi connectivity index (χ0v) is 12.4. The van der Waals surface area contributed by atoms with Gasteiger partial charge >= 0.3 is 6.18 Å². The maximum atomic E-state index is 12.5. The Balaban J connectivity index is 2.79. The third-order valence-corrected chi connectivity index (χ3v) is 3.68. The van der Waals surface area contributed by atoms with Crippen molar-refractivity contribution in [2.75, 3.05) is 22.8 Å². The van der Waals surface area contributed by atoms with Crippen LogP contribution in [0.25, 0.3) is 0 Å². The molecular weight excluding hydrogens is 309 g/mol. The summed E-state index contributed by atoms with van der Waals surface area (Å²) in [4.78, 5) is 0. The van der Waals surface area contributed by atoms with Gasteiger partial charge in [-0.15, -0.1) is 0 Å². The van der Waals surface area contributed by atoms with Crippen molar-refractivity contribution in [2.45, 2.75) is 26.1 Å². The minimum atomic E-state index is -4.53. The molecule has 0 aliphatic heterocycles. The average Bonchev–Trinajstić information content (AvgIpc) is 2.29. The molecule has 120 valence electrons. The van der Waals surface area contributed by atoms with Gasteiger partial charge in [0.15, 0.2) is 0 Å². The summed E-state index contributed by atoms with van der Waals surface area (Å²) in [5.74, 6) is -0.314.